The van der Waals surface area contributed by atoms with Crippen molar-refractivity contribution in [2.75, 3.05) is 13.2 Å². The number of esters is 3. The molecule has 56 heavy (non-hydrogen) atoms. The Morgan fingerprint density at radius 3 is 0.875 bits per heavy atom. The van der Waals surface area contributed by atoms with Crippen LogP contribution in [0.15, 0.2) is 0 Å². The fourth-order valence-electron chi connectivity index (χ4n) is 7.46. The van der Waals surface area contributed by atoms with Gasteiger partial charge in [-0.1, -0.05) is 234 Å². The molecule has 0 N–H and O–H groups in total. The molecule has 0 rings (SSSR count). The third kappa shape index (κ3) is 43.5. The zero-order valence-electron chi connectivity index (χ0n) is 38.3. The maximum absolute atomic E-state index is 12.7. The van der Waals surface area contributed by atoms with E-state index >= 15 is 0 Å². The van der Waals surface area contributed by atoms with Crippen LogP contribution in [0.2, 0.25) is 0 Å². The third-order valence-electron chi connectivity index (χ3n) is 11.2. The van der Waals surface area contributed by atoms with E-state index < -0.39 is 6.10 Å². The van der Waals surface area contributed by atoms with Gasteiger partial charge < -0.3 is 14.2 Å². The molecule has 0 saturated carbocycles. The molecule has 0 radical (unpaired) electrons. The van der Waals surface area contributed by atoms with Gasteiger partial charge in [0.25, 0.3) is 0 Å². The van der Waals surface area contributed by atoms with E-state index in [2.05, 4.69) is 34.6 Å². The summed E-state index contributed by atoms with van der Waals surface area (Å²) in [5.41, 5.74) is 0. The Hall–Kier alpha value is -1.59. The maximum Gasteiger partial charge on any atom is 0.306 e. The van der Waals surface area contributed by atoms with Crippen LogP contribution in [0.3, 0.4) is 0 Å². The first-order chi connectivity index (χ1) is 27.2. The van der Waals surface area contributed by atoms with Crippen molar-refractivity contribution in [1.29, 1.82) is 0 Å². The minimum absolute atomic E-state index is 0.0643. The molecular weight excluding hydrogens is 697 g/mol. The van der Waals surface area contributed by atoms with Crippen LogP contribution in [0.5, 0.6) is 0 Å². The van der Waals surface area contributed by atoms with Crippen molar-refractivity contribution < 1.29 is 28.6 Å². The Labute approximate surface area is 348 Å². The second-order valence-electron chi connectivity index (χ2n) is 18.1. The van der Waals surface area contributed by atoms with E-state index in [-0.39, 0.29) is 31.1 Å². The molecule has 0 aliphatic rings. The molecule has 0 aromatic rings. The van der Waals surface area contributed by atoms with Gasteiger partial charge in [-0.3, -0.25) is 14.4 Å². The van der Waals surface area contributed by atoms with Crippen LogP contribution in [0.25, 0.3) is 0 Å². The molecule has 0 amide bonds. The molecule has 0 aromatic carbocycles. The van der Waals surface area contributed by atoms with Crippen LogP contribution in [-0.2, 0) is 28.6 Å². The summed E-state index contributed by atoms with van der Waals surface area (Å²) < 4.78 is 16.8. The average Bonchev–Trinajstić information content (AvgIpc) is 3.16. The van der Waals surface area contributed by atoms with E-state index in [0.29, 0.717) is 19.3 Å². The molecule has 0 aliphatic carbocycles. The highest BCUT2D eigenvalue weighted by molar-refractivity contribution is 5.71. The molecule has 0 aliphatic heterocycles. The number of carbonyl (C=O) groups is 3. The van der Waals surface area contributed by atoms with Gasteiger partial charge in [0, 0.05) is 19.3 Å². The quantitative estimate of drug-likeness (QED) is 0.0347. The predicted octanol–water partition coefficient (Wildman–Crippen LogP) is 15.8. The number of hydrogen-bond donors (Lipinski definition) is 0. The smallest absolute Gasteiger partial charge is 0.306 e. The molecule has 0 unspecified atom stereocenters. The molecule has 0 heterocycles. The van der Waals surface area contributed by atoms with Crippen LogP contribution in [0.4, 0.5) is 0 Å². The molecule has 0 spiro atoms. The average molecular weight is 793 g/mol. The first-order valence-corrected chi connectivity index (χ1v) is 24.7. The number of hydrogen-bond acceptors (Lipinski definition) is 6. The monoisotopic (exact) mass is 793 g/mol. The highest BCUT2D eigenvalue weighted by Gasteiger charge is 2.19. The summed E-state index contributed by atoms with van der Waals surface area (Å²) in [6, 6.07) is 0. The minimum Gasteiger partial charge on any atom is -0.462 e. The predicted molar refractivity (Wildman–Crippen MR) is 238 cm³/mol. The van der Waals surface area contributed by atoms with Crippen LogP contribution in [0, 0.1) is 11.8 Å². The largest absolute Gasteiger partial charge is 0.462 e. The van der Waals surface area contributed by atoms with Gasteiger partial charge in [0.2, 0.25) is 0 Å². The van der Waals surface area contributed by atoms with Gasteiger partial charge in [-0.05, 0) is 31.1 Å². The summed E-state index contributed by atoms with van der Waals surface area (Å²) in [6.07, 6.45) is 42.3. The fourth-order valence-corrected chi connectivity index (χ4v) is 7.46. The zero-order chi connectivity index (χ0) is 41.2. The number of carbonyl (C=O) groups excluding carboxylic acids is 3. The van der Waals surface area contributed by atoms with E-state index in [0.717, 1.165) is 69.6 Å². The Balaban J connectivity index is 4.29. The molecule has 0 bridgehead atoms. The Bertz CT molecular complexity index is 854. The highest BCUT2D eigenvalue weighted by Crippen LogP contribution is 2.17. The second kappa shape index (κ2) is 43.0. The van der Waals surface area contributed by atoms with Crippen LogP contribution in [-0.4, -0.2) is 37.2 Å². The lowest BCUT2D eigenvalue weighted by Gasteiger charge is -2.18. The molecule has 6 nitrogen and oxygen atoms in total. The molecule has 0 saturated heterocycles. The van der Waals surface area contributed by atoms with Gasteiger partial charge in [0.05, 0.1) is 0 Å². The summed E-state index contributed by atoms with van der Waals surface area (Å²) >= 11 is 0. The van der Waals surface area contributed by atoms with E-state index in [9.17, 15) is 14.4 Å². The van der Waals surface area contributed by atoms with Gasteiger partial charge in [-0.15, -0.1) is 0 Å². The summed E-state index contributed by atoms with van der Waals surface area (Å²) in [4.78, 5) is 37.8. The van der Waals surface area contributed by atoms with Crippen molar-refractivity contribution >= 4 is 17.9 Å². The number of ether oxygens (including phenoxy) is 3. The lowest BCUT2D eigenvalue weighted by Crippen LogP contribution is -2.30. The van der Waals surface area contributed by atoms with Crippen molar-refractivity contribution in [3.63, 3.8) is 0 Å². The summed E-state index contributed by atoms with van der Waals surface area (Å²) in [5.74, 6) is 0.792. The first kappa shape index (κ1) is 54.4. The fraction of sp³-hybridized carbons (Fsp3) is 0.940. The van der Waals surface area contributed by atoms with Crippen molar-refractivity contribution in [2.24, 2.45) is 11.8 Å². The van der Waals surface area contributed by atoms with Gasteiger partial charge in [-0.2, -0.15) is 0 Å². The SMILES string of the molecule is CCCCCCCCCCCCC(=O)OC[C@H](COC(=O)CCCCCCCCCCCCCCCC(C)C)OC(=O)CCCCCCCCCCCC(C)C. The summed E-state index contributed by atoms with van der Waals surface area (Å²) in [6.45, 7) is 11.3. The Morgan fingerprint density at radius 1 is 0.339 bits per heavy atom. The van der Waals surface area contributed by atoms with Crippen LogP contribution in [0.1, 0.15) is 272 Å². The van der Waals surface area contributed by atoms with Gasteiger partial charge in [0.15, 0.2) is 6.10 Å². The van der Waals surface area contributed by atoms with Crippen molar-refractivity contribution in [1.82, 2.24) is 0 Å². The summed E-state index contributed by atoms with van der Waals surface area (Å²) in [7, 11) is 0. The van der Waals surface area contributed by atoms with E-state index in [1.807, 2.05) is 0 Å². The minimum atomic E-state index is -0.760. The van der Waals surface area contributed by atoms with Crippen LogP contribution >= 0.6 is 0 Å². The first-order valence-electron chi connectivity index (χ1n) is 24.7. The lowest BCUT2D eigenvalue weighted by atomic mass is 10.0. The topological polar surface area (TPSA) is 78.9 Å². The van der Waals surface area contributed by atoms with Crippen molar-refractivity contribution in [3.05, 3.63) is 0 Å². The standard InChI is InChI=1S/C50H96O6/c1-6-7-8-9-10-11-20-25-30-35-40-48(51)54-43-47(56-50(53)42-37-32-27-22-17-19-24-29-34-39-46(4)5)44-55-49(52)41-36-31-26-21-16-14-12-13-15-18-23-28-33-38-45(2)3/h45-47H,6-44H2,1-5H3/t47-/m1/s1. The molecule has 0 fully saturated rings. The Morgan fingerprint density at radius 2 is 0.589 bits per heavy atom. The lowest BCUT2D eigenvalue weighted by molar-refractivity contribution is -0.167. The number of rotatable bonds is 44. The molecule has 0 aromatic heterocycles. The molecule has 6 heteroatoms. The maximum atomic E-state index is 12.7. The number of unbranched alkanes of at least 4 members (excludes halogenated alkanes) is 29. The molecule has 332 valence electrons. The van der Waals surface area contributed by atoms with Crippen molar-refractivity contribution in [2.45, 2.75) is 278 Å². The van der Waals surface area contributed by atoms with E-state index in [4.69, 9.17) is 14.2 Å². The van der Waals surface area contributed by atoms with Crippen LogP contribution < -0.4 is 0 Å². The highest BCUT2D eigenvalue weighted by atomic mass is 16.6. The van der Waals surface area contributed by atoms with Crippen molar-refractivity contribution in [3.8, 4) is 0 Å². The summed E-state index contributed by atoms with van der Waals surface area (Å²) in [5, 5.41) is 0. The molecular formula is C50H96O6. The third-order valence-corrected chi connectivity index (χ3v) is 11.2. The Kier molecular flexibility index (Phi) is 41.8. The molecule has 1 atom stereocenters. The van der Waals surface area contributed by atoms with E-state index in [1.54, 1.807) is 0 Å². The van der Waals surface area contributed by atoms with E-state index in [1.165, 1.54) is 161 Å². The second-order valence-corrected chi connectivity index (χ2v) is 18.1. The normalized spacial score (nSPS) is 12.1. The zero-order valence-corrected chi connectivity index (χ0v) is 38.3. The van der Waals surface area contributed by atoms with Gasteiger partial charge in [-0.25, -0.2) is 0 Å². The van der Waals surface area contributed by atoms with Gasteiger partial charge >= 0.3 is 17.9 Å². The van der Waals surface area contributed by atoms with Gasteiger partial charge in [0.1, 0.15) is 13.2 Å².